The minimum atomic E-state index is 1.62. The molecule has 0 radical (unpaired) electrons. The SMILES string of the molecule is Sn1cc[n+](S)c1. The molecule has 0 aromatic carbocycles. The van der Waals surface area contributed by atoms with Crippen molar-refractivity contribution in [3.63, 3.8) is 0 Å². The van der Waals surface area contributed by atoms with Crippen molar-refractivity contribution in [1.29, 1.82) is 0 Å². The first-order valence-corrected chi connectivity index (χ1v) is 2.57. The molecule has 0 saturated carbocycles. The van der Waals surface area contributed by atoms with Crippen LogP contribution in [0.2, 0.25) is 0 Å². The number of thiol groups is 2. The molecule has 0 saturated heterocycles. The fourth-order valence-electron chi connectivity index (χ4n) is 0.335. The fraction of sp³-hybridized carbons (Fsp3) is 0. The molecule has 2 nitrogen and oxygen atoms in total. The number of hydrogen-bond acceptors (Lipinski definition) is 2. The van der Waals surface area contributed by atoms with Crippen molar-refractivity contribution in [3.8, 4) is 0 Å². The zero-order valence-electron chi connectivity index (χ0n) is 3.52. The molecule has 38 valence electrons. The Kier molecular flexibility index (Phi) is 1.30. The number of aromatic nitrogens is 2. The summed E-state index contributed by atoms with van der Waals surface area (Å²) in [5.41, 5.74) is 0. The van der Waals surface area contributed by atoms with Crippen LogP contribution in [0, 0.1) is 0 Å². The Balaban J connectivity index is 3.04. The summed E-state index contributed by atoms with van der Waals surface area (Å²) in [6, 6.07) is 0. The summed E-state index contributed by atoms with van der Waals surface area (Å²) in [5, 5.41) is 0. The van der Waals surface area contributed by atoms with Gasteiger partial charge in [0.2, 0.25) is 0 Å². The first-order chi connectivity index (χ1) is 3.29. The molecule has 0 aliphatic heterocycles. The number of rotatable bonds is 0. The first kappa shape index (κ1) is 5.05. The number of imidazole rings is 1. The average molecular weight is 133 g/mol. The van der Waals surface area contributed by atoms with E-state index in [1.165, 1.54) is 0 Å². The van der Waals surface area contributed by atoms with E-state index in [1.807, 2.05) is 0 Å². The van der Waals surface area contributed by atoms with Gasteiger partial charge in [-0.25, -0.2) is 0 Å². The van der Waals surface area contributed by atoms with Crippen LogP contribution in [0.15, 0.2) is 18.7 Å². The van der Waals surface area contributed by atoms with E-state index in [-0.39, 0.29) is 0 Å². The largest absolute Gasteiger partial charge is 0.267 e. The van der Waals surface area contributed by atoms with Crippen molar-refractivity contribution in [2.75, 3.05) is 0 Å². The van der Waals surface area contributed by atoms with Crippen LogP contribution in [-0.2, 0) is 0 Å². The monoisotopic (exact) mass is 133 g/mol. The normalized spacial score (nSPS) is 9.43. The van der Waals surface area contributed by atoms with Crippen molar-refractivity contribution < 1.29 is 3.97 Å². The summed E-state index contributed by atoms with van der Waals surface area (Å²) in [7, 11) is 0. The van der Waals surface area contributed by atoms with Gasteiger partial charge in [-0.05, 0) is 0 Å². The first-order valence-electron chi connectivity index (χ1n) is 1.77. The van der Waals surface area contributed by atoms with Crippen molar-refractivity contribution in [2.45, 2.75) is 0 Å². The summed E-state index contributed by atoms with van der Waals surface area (Å²) in [6.07, 6.45) is 5.30. The van der Waals surface area contributed by atoms with Crippen LogP contribution < -0.4 is 3.97 Å². The van der Waals surface area contributed by atoms with E-state index in [0.717, 1.165) is 0 Å². The van der Waals surface area contributed by atoms with E-state index >= 15 is 0 Å². The maximum atomic E-state index is 3.95. The van der Waals surface area contributed by atoms with Gasteiger partial charge in [-0.15, -0.1) is 0 Å². The van der Waals surface area contributed by atoms with Crippen molar-refractivity contribution in [3.05, 3.63) is 18.7 Å². The molecule has 0 spiro atoms. The molecule has 1 rings (SSSR count). The second kappa shape index (κ2) is 1.79. The summed E-state index contributed by atoms with van der Waals surface area (Å²) >= 11 is 7.90. The standard InChI is InChI=1S/C3H5N2S2/c6-4-1-2-5(7)3-4/h1-3,6-7H/q+1. The molecule has 1 aromatic heterocycles. The van der Waals surface area contributed by atoms with Gasteiger partial charge >= 0.3 is 0 Å². The Labute approximate surface area is 52.9 Å². The lowest BCUT2D eigenvalue weighted by atomic mass is 11.0. The van der Waals surface area contributed by atoms with Gasteiger partial charge in [0.05, 0.1) is 0 Å². The third-order valence-electron chi connectivity index (χ3n) is 0.609. The Bertz CT molecular complexity index is 143. The molecule has 0 bridgehead atoms. The fourth-order valence-corrected chi connectivity index (χ4v) is 0.758. The highest BCUT2D eigenvalue weighted by Crippen LogP contribution is 1.83. The van der Waals surface area contributed by atoms with Crippen LogP contribution in [0.4, 0.5) is 0 Å². The molecule has 0 aliphatic carbocycles. The van der Waals surface area contributed by atoms with Gasteiger partial charge in [0.25, 0.3) is 6.33 Å². The molecule has 1 heterocycles. The van der Waals surface area contributed by atoms with Crippen molar-refractivity contribution in [1.82, 2.24) is 3.97 Å². The third-order valence-corrected chi connectivity index (χ3v) is 1.08. The molecule has 0 unspecified atom stereocenters. The molecule has 0 aliphatic rings. The van der Waals surface area contributed by atoms with E-state index in [0.29, 0.717) is 0 Å². The van der Waals surface area contributed by atoms with Gasteiger partial charge in [-0.3, -0.25) is 0 Å². The second-order valence-corrected chi connectivity index (χ2v) is 2.10. The van der Waals surface area contributed by atoms with Crippen LogP contribution in [0.1, 0.15) is 0 Å². The zero-order valence-corrected chi connectivity index (χ0v) is 5.31. The van der Waals surface area contributed by atoms with Crippen LogP contribution in [-0.4, -0.2) is 3.97 Å². The summed E-state index contributed by atoms with van der Waals surface area (Å²) < 4.78 is 3.24. The minimum Gasteiger partial charge on any atom is -0.174 e. The van der Waals surface area contributed by atoms with E-state index in [1.54, 1.807) is 26.7 Å². The molecule has 1 aromatic rings. The van der Waals surface area contributed by atoms with E-state index < -0.39 is 0 Å². The number of nitrogens with zero attached hydrogens (tertiary/aromatic N) is 2. The zero-order chi connectivity index (χ0) is 5.28. The molecule has 7 heavy (non-hydrogen) atoms. The predicted octanol–water partition coefficient (Wildman–Crippen LogP) is 0.161. The van der Waals surface area contributed by atoms with E-state index in [2.05, 4.69) is 25.6 Å². The van der Waals surface area contributed by atoms with Gasteiger partial charge in [-0.2, -0.15) is 7.94 Å². The molecular formula is C3H5N2S2+. The van der Waals surface area contributed by atoms with Crippen molar-refractivity contribution >= 4 is 25.6 Å². The molecular weight excluding hydrogens is 128 g/mol. The lowest BCUT2D eigenvalue weighted by molar-refractivity contribution is -0.487. The lowest BCUT2D eigenvalue weighted by Gasteiger charge is -1.69. The topological polar surface area (TPSA) is 8.81 Å². The quantitative estimate of drug-likeness (QED) is 0.368. The predicted molar refractivity (Wildman–Crippen MR) is 33.4 cm³/mol. The smallest absolute Gasteiger partial charge is 0.174 e. The van der Waals surface area contributed by atoms with Gasteiger partial charge in [0, 0.05) is 25.6 Å². The summed E-state index contributed by atoms with van der Waals surface area (Å²) in [4.78, 5) is 0. The molecule has 0 atom stereocenters. The maximum absolute atomic E-state index is 3.95. The Morgan fingerprint density at radius 2 is 2.29 bits per heavy atom. The average Bonchev–Trinajstić information content (AvgIpc) is 1.87. The van der Waals surface area contributed by atoms with E-state index in [9.17, 15) is 0 Å². The Hall–Kier alpha value is -0.0900. The summed E-state index contributed by atoms with van der Waals surface area (Å²) in [5.74, 6) is 0. The summed E-state index contributed by atoms with van der Waals surface area (Å²) in [6.45, 7) is 0. The van der Waals surface area contributed by atoms with Crippen LogP contribution in [0.5, 0.6) is 0 Å². The third kappa shape index (κ3) is 1.14. The molecule has 0 N–H and O–H groups in total. The molecule has 4 heteroatoms. The number of hydrogen-bond donors (Lipinski definition) is 2. The van der Waals surface area contributed by atoms with Gasteiger partial charge in [-0.1, -0.05) is 0 Å². The lowest BCUT2D eigenvalue weighted by Crippen LogP contribution is -2.14. The van der Waals surface area contributed by atoms with Gasteiger partial charge in [0.15, 0.2) is 0 Å². The van der Waals surface area contributed by atoms with Crippen LogP contribution in [0.25, 0.3) is 0 Å². The van der Waals surface area contributed by atoms with Gasteiger partial charge < -0.3 is 0 Å². The highest BCUT2D eigenvalue weighted by atomic mass is 32.1. The van der Waals surface area contributed by atoms with Crippen LogP contribution in [0.3, 0.4) is 0 Å². The highest BCUT2D eigenvalue weighted by Gasteiger charge is 1.90. The Morgan fingerprint density at radius 3 is 2.43 bits per heavy atom. The van der Waals surface area contributed by atoms with Crippen molar-refractivity contribution in [2.24, 2.45) is 0 Å². The molecule has 0 fully saturated rings. The Morgan fingerprint density at radius 1 is 1.57 bits per heavy atom. The van der Waals surface area contributed by atoms with E-state index in [4.69, 9.17) is 0 Å². The molecule has 0 amide bonds. The maximum Gasteiger partial charge on any atom is 0.267 e. The van der Waals surface area contributed by atoms with Gasteiger partial charge in [0.1, 0.15) is 12.4 Å². The van der Waals surface area contributed by atoms with Crippen LogP contribution >= 0.6 is 25.6 Å². The highest BCUT2D eigenvalue weighted by molar-refractivity contribution is 7.78. The second-order valence-electron chi connectivity index (χ2n) is 1.17. The minimum absolute atomic E-state index is 1.62.